The molecule has 0 saturated carbocycles. The topological polar surface area (TPSA) is 122 Å². The smallest absolute Gasteiger partial charge is 0.303 e. The fraction of sp³-hybridized carbons (Fsp3) is 0.857. The minimum atomic E-state index is -0.999. The molecule has 2 unspecified atom stereocenters. The second-order valence-corrected chi connectivity index (χ2v) is 8.97. The maximum atomic E-state index is 12.0. The number of nitrogens with one attached hydrogen (secondary N) is 1. The van der Waals surface area contributed by atoms with Crippen molar-refractivity contribution in [2.24, 2.45) is 0 Å². The van der Waals surface area contributed by atoms with Crippen LogP contribution in [0.15, 0.2) is 0 Å². The molecule has 8 atom stereocenters. The average Bonchev–Trinajstić information content (AvgIpc) is 2.74. The molecule has 13 heteroatoms. The van der Waals surface area contributed by atoms with Crippen LogP contribution in [0.4, 0.5) is 0 Å². The lowest BCUT2D eigenvalue weighted by Gasteiger charge is -2.47. The van der Waals surface area contributed by atoms with Gasteiger partial charge in [0.15, 0.2) is 18.5 Å². The molecular formula is C21H36BN2O9P. The van der Waals surface area contributed by atoms with Crippen molar-refractivity contribution in [1.82, 2.24) is 10.2 Å². The molecule has 2 aliphatic rings. The first kappa shape index (κ1) is 28.9. The zero-order chi connectivity index (χ0) is 25.5. The fourth-order valence-corrected chi connectivity index (χ4v) is 4.66. The van der Waals surface area contributed by atoms with Crippen molar-refractivity contribution in [2.45, 2.75) is 89.7 Å². The van der Waals surface area contributed by atoms with Gasteiger partial charge in [0.25, 0.3) is 0 Å². The summed E-state index contributed by atoms with van der Waals surface area (Å²) in [4.78, 5) is 37.6. The van der Waals surface area contributed by atoms with E-state index in [1.807, 2.05) is 18.7 Å². The summed E-state index contributed by atoms with van der Waals surface area (Å²) < 4.78 is 34.4. The molecule has 1 N–H and O–H groups in total. The van der Waals surface area contributed by atoms with Crippen LogP contribution in [0.3, 0.4) is 0 Å². The summed E-state index contributed by atoms with van der Waals surface area (Å²) in [5.74, 6) is -1.52. The zero-order valence-electron chi connectivity index (χ0n) is 20.5. The molecule has 2 rings (SSSR count). The number of carbonyl (C=O) groups is 3. The summed E-state index contributed by atoms with van der Waals surface area (Å²) >= 11 is 0. The summed E-state index contributed by atoms with van der Waals surface area (Å²) in [5.41, 5.74) is -0.597. The van der Waals surface area contributed by atoms with Gasteiger partial charge < -0.3 is 33.5 Å². The minimum absolute atomic E-state index is 0.109. The van der Waals surface area contributed by atoms with Crippen LogP contribution < -0.4 is 5.32 Å². The highest BCUT2D eigenvalue weighted by molar-refractivity contribution is 7.09. The van der Waals surface area contributed by atoms with Gasteiger partial charge in [0.2, 0.25) is 5.91 Å². The first-order valence-corrected chi connectivity index (χ1v) is 11.9. The lowest BCUT2D eigenvalue weighted by molar-refractivity contribution is -0.284. The van der Waals surface area contributed by atoms with Crippen LogP contribution in [0.5, 0.6) is 0 Å². The van der Waals surface area contributed by atoms with Gasteiger partial charge in [0, 0.05) is 49.3 Å². The molecule has 0 aliphatic carbocycles. The summed E-state index contributed by atoms with van der Waals surface area (Å²) in [6, 6.07) is -1.45. The summed E-state index contributed by atoms with van der Waals surface area (Å²) in [7, 11) is 8.34. The Morgan fingerprint density at radius 3 is 2.32 bits per heavy atom. The Kier molecular flexibility index (Phi) is 11.2. The van der Waals surface area contributed by atoms with E-state index >= 15 is 0 Å². The molecule has 0 aromatic rings. The summed E-state index contributed by atoms with van der Waals surface area (Å²) in [6.07, 6.45) is -2.37. The third-order valence-corrected chi connectivity index (χ3v) is 5.95. The Hall–Kier alpha value is -1.30. The lowest BCUT2D eigenvalue weighted by Crippen LogP contribution is -2.66. The molecule has 192 valence electrons. The van der Waals surface area contributed by atoms with Crippen molar-refractivity contribution in [3.63, 3.8) is 0 Å². The molecule has 2 saturated heterocycles. The van der Waals surface area contributed by atoms with Crippen LogP contribution in [0.25, 0.3) is 0 Å². The van der Waals surface area contributed by atoms with E-state index in [0.717, 1.165) is 0 Å². The number of carbonyl (C=O) groups excluding carboxylic acids is 3. The van der Waals surface area contributed by atoms with Gasteiger partial charge in [-0.3, -0.25) is 19.3 Å². The van der Waals surface area contributed by atoms with Crippen LogP contribution in [-0.2, 0) is 42.6 Å². The summed E-state index contributed by atoms with van der Waals surface area (Å²) in [5, 5.41) is 2.73. The van der Waals surface area contributed by atoms with Crippen LogP contribution in [0.1, 0.15) is 47.5 Å². The maximum absolute atomic E-state index is 12.0. The van der Waals surface area contributed by atoms with E-state index in [-0.39, 0.29) is 12.6 Å². The molecule has 0 bridgehead atoms. The van der Waals surface area contributed by atoms with E-state index in [4.69, 9.17) is 36.1 Å². The Labute approximate surface area is 204 Å². The highest BCUT2D eigenvalue weighted by Gasteiger charge is 2.50. The van der Waals surface area contributed by atoms with Crippen molar-refractivity contribution >= 4 is 35.2 Å². The largest absolute Gasteiger partial charge is 0.456 e. The Morgan fingerprint density at radius 1 is 1.15 bits per heavy atom. The van der Waals surface area contributed by atoms with Crippen molar-refractivity contribution in [2.75, 3.05) is 26.4 Å². The minimum Gasteiger partial charge on any atom is -0.456 e. The molecule has 2 heterocycles. The van der Waals surface area contributed by atoms with Crippen molar-refractivity contribution in [3.05, 3.63) is 0 Å². The molecule has 1 amide bonds. The molecule has 2 fully saturated rings. The summed E-state index contributed by atoms with van der Waals surface area (Å²) in [6.45, 7) is 9.03. The molecule has 0 aromatic heterocycles. The Morgan fingerprint density at radius 2 is 1.79 bits per heavy atom. The molecule has 0 spiro atoms. The van der Waals surface area contributed by atoms with E-state index < -0.39 is 54.2 Å². The number of hydrogen-bond donors (Lipinski definition) is 1. The first-order valence-electron chi connectivity index (χ1n) is 11.4. The predicted octanol–water partition coefficient (Wildman–Crippen LogP) is 0.246. The van der Waals surface area contributed by atoms with Crippen LogP contribution >= 0.6 is 9.47 Å². The maximum Gasteiger partial charge on any atom is 0.303 e. The Balaban J connectivity index is 2.24. The number of morpholine rings is 1. The van der Waals surface area contributed by atoms with Gasteiger partial charge in [-0.15, -0.1) is 0 Å². The van der Waals surface area contributed by atoms with Crippen LogP contribution in [-0.4, -0.2) is 99.3 Å². The van der Waals surface area contributed by atoms with Gasteiger partial charge in [-0.2, -0.15) is 0 Å². The van der Waals surface area contributed by atoms with Crippen molar-refractivity contribution in [3.8, 4) is 0 Å². The van der Waals surface area contributed by atoms with Crippen molar-refractivity contribution < 1.29 is 42.6 Å². The molecular weight excluding hydrogens is 466 g/mol. The molecule has 2 aliphatic heterocycles. The Bertz CT molecular complexity index is 718. The van der Waals surface area contributed by atoms with Gasteiger partial charge in [-0.1, -0.05) is 13.8 Å². The normalized spacial score (nSPS) is 34.3. The quantitative estimate of drug-likeness (QED) is 0.253. The first-order chi connectivity index (χ1) is 16.0. The van der Waals surface area contributed by atoms with Gasteiger partial charge in [-0.05, 0) is 12.8 Å². The fourth-order valence-electron chi connectivity index (χ4n) is 4.36. The SMILES string of the molecule is [B][C@H]1CN(COC2O[C@H](CC)[C@H](OC(C)=O)[C@H](OC(C)=O)[C@H]2NC(C)=O)C[C@@](CC)(COP)O1. The van der Waals surface area contributed by atoms with E-state index in [9.17, 15) is 14.4 Å². The van der Waals surface area contributed by atoms with E-state index in [1.165, 1.54) is 20.8 Å². The molecule has 0 aromatic carbocycles. The number of nitrogens with zero attached hydrogens (tertiary/aromatic N) is 1. The molecule has 11 nitrogen and oxygen atoms in total. The number of amides is 1. The predicted molar refractivity (Wildman–Crippen MR) is 125 cm³/mol. The standard InChI is InChI=1S/C21H36BN2O9P/c1-6-15-18(30-13(4)26)19(31-14(5)27)17(23-12(3)25)20(32-15)28-11-24-8-16(22)33-21(7-2,9-24)10-29-34/h15-20H,6-11,34H2,1-5H3,(H,23,25)/t15-,16-,17-,18+,19-,20?,21+/m1/s1. The number of ether oxygens (including phenoxy) is 5. The second kappa shape index (κ2) is 13.1. The number of hydrogen-bond acceptors (Lipinski definition) is 10. The van der Waals surface area contributed by atoms with Gasteiger partial charge in [0.05, 0.1) is 6.61 Å². The third-order valence-electron chi connectivity index (χ3n) is 5.79. The van der Waals surface area contributed by atoms with E-state index in [0.29, 0.717) is 32.5 Å². The van der Waals surface area contributed by atoms with E-state index in [2.05, 4.69) is 14.8 Å². The second-order valence-electron chi connectivity index (χ2n) is 8.64. The van der Waals surface area contributed by atoms with Crippen molar-refractivity contribution in [1.29, 1.82) is 0 Å². The number of rotatable bonds is 10. The highest BCUT2D eigenvalue weighted by atomic mass is 31.0. The van der Waals surface area contributed by atoms with Crippen LogP contribution in [0, 0.1) is 0 Å². The van der Waals surface area contributed by atoms with Gasteiger partial charge in [-0.25, -0.2) is 0 Å². The lowest BCUT2D eigenvalue weighted by atomic mass is 9.91. The highest BCUT2D eigenvalue weighted by Crippen LogP contribution is 2.30. The van der Waals surface area contributed by atoms with E-state index in [1.54, 1.807) is 0 Å². The number of esters is 2. The van der Waals surface area contributed by atoms with Gasteiger partial charge >= 0.3 is 11.9 Å². The molecule has 34 heavy (non-hydrogen) atoms. The third kappa shape index (κ3) is 7.86. The zero-order valence-corrected chi connectivity index (χ0v) is 21.6. The molecule has 2 radical (unpaired) electrons. The average molecular weight is 502 g/mol. The van der Waals surface area contributed by atoms with Crippen LogP contribution in [0.2, 0.25) is 0 Å². The van der Waals surface area contributed by atoms with Gasteiger partial charge in [0.1, 0.15) is 32.3 Å². The monoisotopic (exact) mass is 502 g/mol.